The van der Waals surface area contributed by atoms with Gasteiger partial charge < -0.3 is 15.0 Å². The molecule has 0 saturated heterocycles. The molecule has 1 aromatic carbocycles. The highest BCUT2D eigenvalue weighted by molar-refractivity contribution is 8.69. The second kappa shape index (κ2) is 7.52. The molecule has 7 nitrogen and oxygen atoms in total. The molecule has 0 bridgehead atoms. The fourth-order valence-corrected chi connectivity index (χ4v) is 3.16. The molecule has 1 amide bonds. The summed E-state index contributed by atoms with van der Waals surface area (Å²) >= 11 is 0. The number of carbonyl (C=O) groups excluding carboxylic acids is 1. The predicted octanol–water partition coefficient (Wildman–Crippen LogP) is 1.97. The number of H-pyrrole nitrogens is 1. The standard InChI is InChI=1S/C13H16N2O5S2/c16-13(20-7-8-21-22(17,18)19)14-6-5-10-9-15-12-4-2-1-3-11(10)12/h1-4,9,15H,5-8H2,(H,14,16)(H,17,18,19). The Morgan fingerprint density at radius 3 is 2.91 bits per heavy atom. The minimum absolute atomic E-state index is 0.0191. The van der Waals surface area contributed by atoms with Crippen LogP contribution in [0, 0.1) is 0 Å². The Balaban J connectivity index is 1.69. The molecule has 0 saturated carbocycles. The molecule has 0 unspecified atom stereocenters. The number of carbonyl (C=O) groups is 1. The van der Waals surface area contributed by atoms with Crippen LogP contribution in [0.15, 0.2) is 30.5 Å². The van der Waals surface area contributed by atoms with E-state index in [0.29, 0.717) is 23.8 Å². The summed E-state index contributed by atoms with van der Waals surface area (Å²) in [6.07, 6.45) is 1.94. The first-order chi connectivity index (χ1) is 10.5. The number of alkyl carbamates (subject to hydrolysis) is 1. The molecule has 0 spiro atoms. The Hall–Kier alpha value is -1.71. The van der Waals surface area contributed by atoms with Crippen molar-refractivity contribution < 1.29 is 22.5 Å². The van der Waals surface area contributed by atoms with Gasteiger partial charge in [0.2, 0.25) is 0 Å². The summed E-state index contributed by atoms with van der Waals surface area (Å²) in [6.45, 7) is 0.315. The van der Waals surface area contributed by atoms with Gasteiger partial charge in [0.1, 0.15) is 6.61 Å². The fourth-order valence-electron chi connectivity index (χ4n) is 1.96. The maximum absolute atomic E-state index is 11.4. The van der Waals surface area contributed by atoms with Gasteiger partial charge in [-0.15, -0.1) is 0 Å². The number of benzene rings is 1. The second-order valence-corrected chi connectivity index (χ2v) is 7.89. The second-order valence-electron chi connectivity index (χ2n) is 4.42. The van der Waals surface area contributed by atoms with Crippen molar-refractivity contribution in [3.63, 3.8) is 0 Å². The Kier molecular flexibility index (Phi) is 5.69. The lowest BCUT2D eigenvalue weighted by Gasteiger charge is -2.06. The summed E-state index contributed by atoms with van der Waals surface area (Å²) in [6, 6.07) is 7.89. The zero-order valence-electron chi connectivity index (χ0n) is 11.6. The summed E-state index contributed by atoms with van der Waals surface area (Å²) in [5.74, 6) is -0.0191. The molecule has 0 aliphatic rings. The number of nitrogens with one attached hydrogen (secondary N) is 2. The zero-order chi connectivity index (χ0) is 16.0. The number of para-hydroxylation sites is 1. The number of hydrogen-bond donors (Lipinski definition) is 3. The van der Waals surface area contributed by atoms with Gasteiger partial charge in [0, 0.05) is 40.2 Å². The van der Waals surface area contributed by atoms with E-state index in [9.17, 15) is 13.2 Å². The molecule has 9 heteroatoms. The van der Waals surface area contributed by atoms with Crippen LogP contribution < -0.4 is 5.32 Å². The van der Waals surface area contributed by atoms with Gasteiger partial charge in [-0.3, -0.25) is 4.55 Å². The lowest BCUT2D eigenvalue weighted by molar-refractivity contribution is 0.153. The van der Waals surface area contributed by atoms with Crippen LogP contribution in [0.25, 0.3) is 10.9 Å². The molecule has 22 heavy (non-hydrogen) atoms. The van der Waals surface area contributed by atoms with Crippen molar-refractivity contribution in [1.29, 1.82) is 0 Å². The SMILES string of the molecule is O=C(NCCc1c[nH]c2ccccc12)OCCSS(=O)(=O)O. The van der Waals surface area contributed by atoms with Crippen molar-refractivity contribution in [3.05, 3.63) is 36.0 Å². The Morgan fingerprint density at radius 2 is 2.14 bits per heavy atom. The highest BCUT2D eigenvalue weighted by Gasteiger charge is 2.07. The number of amides is 1. The first kappa shape index (κ1) is 16.7. The van der Waals surface area contributed by atoms with E-state index in [4.69, 9.17) is 9.29 Å². The summed E-state index contributed by atoms with van der Waals surface area (Å²) in [7, 11) is -3.77. The number of hydrogen-bond acceptors (Lipinski definition) is 5. The molecule has 3 N–H and O–H groups in total. The van der Waals surface area contributed by atoms with E-state index in [2.05, 4.69) is 10.3 Å². The van der Waals surface area contributed by atoms with Crippen molar-refractivity contribution in [3.8, 4) is 0 Å². The number of aromatic nitrogens is 1. The van der Waals surface area contributed by atoms with Gasteiger partial charge in [-0.2, -0.15) is 8.42 Å². The Morgan fingerprint density at radius 1 is 1.36 bits per heavy atom. The average Bonchev–Trinajstić information content (AvgIpc) is 2.86. The first-order valence-corrected chi connectivity index (χ1v) is 9.47. The fraction of sp³-hybridized carbons (Fsp3) is 0.308. The monoisotopic (exact) mass is 344 g/mol. The molecule has 1 aromatic heterocycles. The third kappa shape index (κ3) is 5.24. The van der Waals surface area contributed by atoms with Crippen LogP contribution in [0.3, 0.4) is 0 Å². The van der Waals surface area contributed by atoms with Crippen LogP contribution in [0.2, 0.25) is 0 Å². The van der Waals surface area contributed by atoms with Crippen molar-refractivity contribution in [2.45, 2.75) is 6.42 Å². The molecule has 1 heterocycles. The van der Waals surface area contributed by atoms with Crippen molar-refractivity contribution in [2.75, 3.05) is 18.9 Å². The van der Waals surface area contributed by atoms with Crippen molar-refractivity contribution in [2.24, 2.45) is 0 Å². The van der Waals surface area contributed by atoms with E-state index >= 15 is 0 Å². The molecule has 0 aliphatic heterocycles. The maximum Gasteiger partial charge on any atom is 0.407 e. The normalized spacial score (nSPS) is 11.5. The van der Waals surface area contributed by atoms with Crippen LogP contribution >= 0.6 is 10.8 Å². The molecule has 120 valence electrons. The van der Waals surface area contributed by atoms with Crippen LogP contribution in [0.1, 0.15) is 5.56 Å². The predicted molar refractivity (Wildman–Crippen MR) is 85.4 cm³/mol. The minimum Gasteiger partial charge on any atom is -0.449 e. The van der Waals surface area contributed by atoms with Gasteiger partial charge >= 0.3 is 15.2 Å². The lowest BCUT2D eigenvalue weighted by Crippen LogP contribution is -2.27. The first-order valence-electron chi connectivity index (χ1n) is 6.53. The third-order valence-electron chi connectivity index (χ3n) is 2.89. The average molecular weight is 344 g/mol. The Bertz CT molecular complexity index is 742. The van der Waals surface area contributed by atoms with Crippen LogP contribution in [-0.2, 0) is 20.3 Å². The Labute approximate surface area is 131 Å². The van der Waals surface area contributed by atoms with Gasteiger partial charge in [-0.05, 0) is 18.1 Å². The van der Waals surface area contributed by atoms with Crippen LogP contribution in [0.5, 0.6) is 0 Å². The maximum atomic E-state index is 11.4. The molecule has 0 aliphatic carbocycles. The van der Waals surface area contributed by atoms with Crippen LogP contribution in [0.4, 0.5) is 4.79 Å². The van der Waals surface area contributed by atoms with E-state index in [0.717, 1.165) is 16.5 Å². The van der Waals surface area contributed by atoms with E-state index in [1.54, 1.807) is 0 Å². The van der Waals surface area contributed by atoms with Gasteiger partial charge in [-0.25, -0.2) is 4.79 Å². The van der Waals surface area contributed by atoms with Gasteiger partial charge in [-0.1, -0.05) is 18.2 Å². The number of fused-ring (bicyclic) bond motifs is 1. The minimum atomic E-state index is -4.09. The molecular weight excluding hydrogens is 328 g/mol. The topological polar surface area (TPSA) is 108 Å². The molecule has 0 radical (unpaired) electrons. The highest BCUT2D eigenvalue weighted by Crippen LogP contribution is 2.17. The molecule has 2 aromatic rings. The quantitative estimate of drug-likeness (QED) is 0.402. The van der Waals surface area contributed by atoms with E-state index < -0.39 is 15.2 Å². The summed E-state index contributed by atoms with van der Waals surface area (Å²) in [5, 5.41) is 3.70. The summed E-state index contributed by atoms with van der Waals surface area (Å²) < 4.78 is 34.2. The third-order valence-corrected chi connectivity index (χ3v) is 4.91. The van der Waals surface area contributed by atoms with E-state index in [1.165, 1.54) is 0 Å². The largest absolute Gasteiger partial charge is 0.449 e. The zero-order valence-corrected chi connectivity index (χ0v) is 13.2. The van der Waals surface area contributed by atoms with E-state index in [-0.39, 0.29) is 12.4 Å². The smallest absolute Gasteiger partial charge is 0.407 e. The molecule has 2 rings (SSSR count). The lowest BCUT2D eigenvalue weighted by atomic mass is 10.1. The molecule has 0 atom stereocenters. The summed E-state index contributed by atoms with van der Waals surface area (Å²) in [4.78, 5) is 14.6. The van der Waals surface area contributed by atoms with Crippen LogP contribution in [-0.4, -0.2) is 43.0 Å². The number of aromatic amines is 1. The van der Waals surface area contributed by atoms with Gasteiger partial charge in [0.25, 0.3) is 0 Å². The van der Waals surface area contributed by atoms with Gasteiger partial charge in [0.15, 0.2) is 0 Å². The molecule has 0 fully saturated rings. The number of ether oxygens (including phenoxy) is 1. The van der Waals surface area contributed by atoms with Crippen molar-refractivity contribution in [1.82, 2.24) is 10.3 Å². The molecular formula is C13H16N2O5S2. The van der Waals surface area contributed by atoms with E-state index in [1.807, 2.05) is 30.5 Å². The van der Waals surface area contributed by atoms with Gasteiger partial charge in [0.05, 0.1) is 0 Å². The summed E-state index contributed by atoms with van der Waals surface area (Å²) in [5.41, 5.74) is 2.14. The highest BCUT2D eigenvalue weighted by atomic mass is 33.1. The number of rotatable bonds is 7. The van der Waals surface area contributed by atoms with Crippen molar-refractivity contribution >= 4 is 36.9 Å².